The fourth-order valence-electron chi connectivity index (χ4n) is 1.69. The average molecular weight is 257 g/mol. The van der Waals surface area contributed by atoms with E-state index in [1.807, 2.05) is 19.1 Å². The number of aryl methyl sites for hydroxylation is 1. The van der Waals surface area contributed by atoms with Crippen LogP contribution in [0.25, 0.3) is 0 Å². The summed E-state index contributed by atoms with van der Waals surface area (Å²) in [7, 11) is 1.59. The Morgan fingerprint density at radius 1 is 1.26 bits per heavy atom. The normalized spacial score (nSPS) is 10.2. The number of ether oxygens (including phenoxy) is 2. The first-order valence-electron chi connectivity index (χ1n) is 5.92. The highest BCUT2D eigenvalue weighted by Crippen LogP contribution is 2.18. The molecule has 1 aromatic heterocycles. The maximum absolute atomic E-state index is 12.0. The lowest BCUT2D eigenvalue weighted by atomic mass is 10.2. The zero-order chi connectivity index (χ0) is 13.7. The Labute approximate surface area is 112 Å². The first-order valence-corrected chi connectivity index (χ1v) is 5.92. The molecule has 0 amide bonds. The summed E-state index contributed by atoms with van der Waals surface area (Å²) in [6.07, 6.45) is 1.66. The molecule has 0 aliphatic rings. The molecule has 4 heteroatoms. The highest BCUT2D eigenvalue weighted by Gasteiger charge is 2.12. The Kier molecular flexibility index (Phi) is 4.26. The van der Waals surface area contributed by atoms with Gasteiger partial charge >= 0.3 is 5.97 Å². The molecule has 0 N–H and O–H groups in total. The molecule has 0 spiro atoms. The minimum Gasteiger partial charge on any atom is -0.403 e. The van der Waals surface area contributed by atoms with Crippen molar-refractivity contribution in [1.82, 2.24) is 4.98 Å². The van der Waals surface area contributed by atoms with Crippen LogP contribution in [0.3, 0.4) is 0 Å². The van der Waals surface area contributed by atoms with Crippen molar-refractivity contribution in [2.24, 2.45) is 0 Å². The van der Waals surface area contributed by atoms with Gasteiger partial charge in [-0.1, -0.05) is 18.2 Å². The van der Waals surface area contributed by atoms with E-state index in [0.29, 0.717) is 18.1 Å². The van der Waals surface area contributed by atoms with Crippen molar-refractivity contribution in [1.29, 1.82) is 0 Å². The average Bonchev–Trinajstić information content (AvgIpc) is 2.43. The first-order chi connectivity index (χ1) is 9.20. The van der Waals surface area contributed by atoms with Crippen LogP contribution < -0.4 is 4.74 Å². The van der Waals surface area contributed by atoms with Gasteiger partial charge in [0.15, 0.2) is 0 Å². The van der Waals surface area contributed by atoms with Gasteiger partial charge in [0.05, 0.1) is 12.2 Å². The van der Waals surface area contributed by atoms with Gasteiger partial charge in [-0.2, -0.15) is 0 Å². The first kappa shape index (κ1) is 13.2. The topological polar surface area (TPSA) is 48.4 Å². The number of carbonyl (C=O) groups is 1. The Bertz CT molecular complexity index is 567. The lowest BCUT2D eigenvalue weighted by Crippen LogP contribution is -2.11. The van der Waals surface area contributed by atoms with Crippen LogP contribution in [0.4, 0.5) is 0 Å². The molecule has 1 heterocycles. The smallest absolute Gasteiger partial charge is 0.344 e. The molecule has 2 aromatic rings. The lowest BCUT2D eigenvalue weighted by Gasteiger charge is -2.09. The molecule has 0 saturated carbocycles. The van der Waals surface area contributed by atoms with Gasteiger partial charge in [-0.3, -0.25) is 0 Å². The zero-order valence-electron chi connectivity index (χ0n) is 10.9. The molecule has 0 unspecified atom stereocenters. The maximum Gasteiger partial charge on any atom is 0.344 e. The third-order valence-electron chi connectivity index (χ3n) is 2.56. The van der Waals surface area contributed by atoms with Crippen LogP contribution >= 0.6 is 0 Å². The number of carbonyl (C=O) groups excluding carboxylic acids is 1. The molecule has 0 aliphatic carbocycles. The molecular formula is C15H15NO3. The Balaban J connectivity index is 2.21. The number of rotatable bonds is 4. The second-order valence-electron chi connectivity index (χ2n) is 4.17. The van der Waals surface area contributed by atoms with Crippen molar-refractivity contribution >= 4 is 5.97 Å². The summed E-state index contributed by atoms with van der Waals surface area (Å²) in [6.45, 7) is 2.28. The van der Waals surface area contributed by atoms with Crippen molar-refractivity contribution < 1.29 is 14.3 Å². The van der Waals surface area contributed by atoms with E-state index in [1.165, 1.54) is 0 Å². The van der Waals surface area contributed by atoms with Crippen molar-refractivity contribution in [3.05, 3.63) is 59.3 Å². The van der Waals surface area contributed by atoms with Crippen LogP contribution in [0.1, 0.15) is 21.5 Å². The van der Waals surface area contributed by atoms with Gasteiger partial charge in [0.2, 0.25) is 5.88 Å². The van der Waals surface area contributed by atoms with E-state index >= 15 is 0 Å². The van der Waals surface area contributed by atoms with Crippen molar-refractivity contribution in [2.75, 3.05) is 7.11 Å². The summed E-state index contributed by atoms with van der Waals surface area (Å²) in [4.78, 5) is 16.1. The predicted molar refractivity (Wildman–Crippen MR) is 71.1 cm³/mol. The van der Waals surface area contributed by atoms with E-state index in [1.54, 1.807) is 37.6 Å². The molecule has 0 fully saturated rings. The molecular weight excluding hydrogens is 242 g/mol. The van der Waals surface area contributed by atoms with E-state index in [2.05, 4.69) is 4.98 Å². The largest absolute Gasteiger partial charge is 0.403 e. The molecule has 0 atom stereocenters. The van der Waals surface area contributed by atoms with Crippen LogP contribution in [-0.4, -0.2) is 18.1 Å². The molecule has 0 bridgehead atoms. The minimum atomic E-state index is -0.422. The van der Waals surface area contributed by atoms with Gasteiger partial charge in [-0.25, -0.2) is 9.78 Å². The molecule has 98 valence electrons. The van der Waals surface area contributed by atoms with Gasteiger partial charge < -0.3 is 9.47 Å². The van der Waals surface area contributed by atoms with Crippen LogP contribution in [0.5, 0.6) is 5.88 Å². The van der Waals surface area contributed by atoms with Crippen LogP contribution in [-0.2, 0) is 11.3 Å². The summed E-state index contributed by atoms with van der Waals surface area (Å²) in [5, 5.41) is 0. The van der Waals surface area contributed by atoms with Gasteiger partial charge in [0.1, 0.15) is 0 Å². The summed E-state index contributed by atoms with van der Waals surface area (Å²) in [6, 6.07) is 10.7. The van der Waals surface area contributed by atoms with E-state index in [0.717, 1.165) is 11.1 Å². The molecule has 1 aromatic carbocycles. The summed E-state index contributed by atoms with van der Waals surface area (Å²) >= 11 is 0. The van der Waals surface area contributed by atoms with Gasteiger partial charge in [0, 0.05) is 18.9 Å². The fourth-order valence-corrected chi connectivity index (χ4v) is 1.69. The number of aromatic nitrogens is 1. The number of benzene rings is 1. The number of hydrogen-bond donors (Lipinski definition) is 0. The third-order valence-corrected chi connectivity index (χ3v) is 2.56. The van der Waals surface area contributed by atoms with Crippen molar-refractivity contribution in [3.63, 3.8) is 0 Å². The Morgan fingerprint density at radius 2 is 2.00 bits per heavy atom. The van der Waals surface area contributed by atoms with E-state index in [9.17, 15) is 4.79 Å². The zero-order valence-corrected chi connectivity index (χ0v) is 10.9. The van der Waals surface area contributed by atoms with E-state index < -0.39 is 5.97 Å². The molecule has 0 radical (unpaired) electrons. The minimum absolute atomic E-state index is 0.293. The number of nitrogens with zero attached hydrogens (tertiary/aromatic N) is 1. The van der Waals surface area contributed by atoms with E-state index in [-0.39, 0.29) is 0 Å². The fraction of sp³-hybridized carbons (Fsp3) is 0.200. The number of methoxy groups -OCH3 is 1. The summed E-state index contributed by atoms with van der Waals surface area (Å²) in [5.74, 6) is -0.129. The summed E-state index contributed by atoms with van der Waals surface area (Å²) < 4.78 is 10.4. The van der Waals surface area contributed by atoms with Crippen LogP contribution in [0, 0.1) is 6.92 Å². The summed E-state index contributed by atoms with van der Waals surface area (Å²) in [5.41, 5.74) is 2.24. The van der Waals surface area contributed by atoms with E-state index in [4.69, 9.17) is 9.47 Å². The maximum atomic E-state index is 12.0. The second-order valence-corrected chi connectivity index (χ2v) is 4.17. The van der Waals surface area contributed by atoms with Crippen molar-refractivity contribution in [2.45, 2.75) is 13.5 Å². The van der Waals surface area contributed by atoms with Crippen LogP contribution in [0.2, 0.25) is 0 Å². The van der Waals surface area contributed by atoms with Crippen molar-refractivity contribution in [3.8, 4) is 5.88 Å². The second kappa shape index (κ2) is 6.11. The van der Waals surface area contributed by atoms with Gasteiger partial charge in [-0.15, -0.1) is 0 Å². The third kappa shape index (κ3) is 3.39. The highest BCUT2D eigenvalue weighted by atomic mass is 16.5. The molecule has 4 nitrogen and oxygen atoms in total. The SMILES string of the molecule is COCc1cc(C)cnc1OC(=O)c1ccccc1. The quantitative estimate of drug-likeness (QED) is 0.790. The molecule has 19 heavy (non-hydrogen) atoms. The number of pyridine rings is 1. The predicted octanol–water partition coefficient (Wildman–Crippen LogP) is 2.76. The molecule has 0 aliphatic heterocycles. The highest BCUT2D eigenvalue weighted by molar-refractivity contribution is 5.90. The lowest BCUT2D eigenvalue weighted by molar-refractivity contribution is 0.0721. The molecule has 2 rings (SSSR count). The number of hydrogen-bond acceptors (Lipinski definition) is 4. The monoisotopic (exact) mass is 257 g/mol. The standard InChI is InChI=1S/C15H15NO3/c1-11-8-13(10-18-2)14(16-9-11)19-15(17)12-6-4-3-5-7-12/h3-9H,10H2,1-2H3. The number of esters is 1. The Morgan fingerprint density at radius 3 is 2.68 bits per heavy atom. The molecule has 0 saturated heterocycles. The van der Waals surface area contributed by atoms with Gasteiger partial charge in [0.25, 0.3) is 0 Å². The van der Waals surface area contributed by atoms with Crippen LogP contribution in [0.15, 0.2) is 42.6 Å². The van der Waals surface area contributed by atoms with Gasteiger partial charge in [-0.05, 0) is 30.7 Å². The Hall–Kier alpha value is -2.20.